The van der Waals surface area contributed by atoms with Crippen LogP contribution in [-0.2, 0) is 15.5 Å². The molecule has 0 saturated carbocycles. The van der Waals surface area contributed by atoms with Crippen LogP contribution in [0, 0.1) is 0 Å². The van der Waals surface area contributed by atoms with Gasteiger partial charge in [-0.1, -0.05) is 0 Å². The third-order valence-corrected chi connectivity index (χ3v) is 4.79. The molecule has 1 aromatic rings. The van der Waals surface area contributed by atoms with Crippen LogP contribution in [0.25, 0.3) is 0 Å². The lowest BCUT2D eigenvalue weighted by atomic mass is 9.81. The molecule has 6 nitrogen and oxygen atoms in total. The number of nitrogens with zero attached hydrogens (tertiary/aromatic N) is 1. The fraction of sp³-hybridized carbons (Fsp3) is 0.429. The van der Waals surface area contributed by atoms with Crippen molar-refractivity contribution in [3.05, 3.63) is 29.3 Å². The number of carboxylic acids is 1. The maximum absolute atomic E-state index is 11.1. The lowest BCUT2D eigenvalue weighted by Crippen LogP contribution is -2.28. The number of carbonyl (C=O) groups is 1. The second-order valence-electron chi connectivity index (χ2n) is 5.69. The van der Waals surface area contributed by atoms with E-state index in [-0.39, 0.29) is 23.3 Å². The third-order valence-electron chi connectivity index (χ3n) is 4.09. The van der Waals surface area contributed by atoms with E-state index in [2.05, 4.69) is 0 Å². The number of carboxylic acid groups (broad SMARTS) is 1. The summed E-state index contributed by atoms with van der Waals surface area (Å²) < 4.78 is 32.6. The Labute approximate surface area is 123 Å². The summed E-state index contributed by atoms with van der Waals surface area (Å²) in [7, 11) is -4.05. The first-order chi connectivity index (χ1) is 9.54. The zero-order valence-electron chi connectivity index (χ0n) is 12.1. The summed E-state index contributed by atoms with van der Waals surface area (Å²) in [6.07, 6.45) is 0. The van der Waals surface area contributed by atoms with Crippen molar-refractivity contribution in [1.29, 1.82) is 0 Å². The monoisotopic (exact) mass is 312 g/mol. The van der Waals surface area contributed by atoms with Crippen molar-refractivity contribution in [3.63, 3.8) is 0 Å². The lowest BCUT2D eigenvalue weighted by Gasteiger charge is -2.15. The zero-order chi connectivity index (χ0) is 16.0. The zero-order valence-corrected chi connectivity index (χ0v) is 12.9. The van der Waals surface area contributed by atoms with Gasteiger partial charge in [-0.2, -0.15) is 13.0 Å². The molecule has 0 atom stereocenters. The van der Waals surface area contributed by atoms with E-state index in [9.17, 15) is 13.2 Å². The number of benzene rings is 1. The maximum atomic E-state index is 11.1. The predicted octanol–water partition coefficient (Wildman–Crippen LogP) is 1.67. The summed E-state index contributed by atoms with van der Waals surface area (Å²) in [4.78, 5) is 11.1. The molecule has 1 aromatic carbocycles. The lowest BCUT2D eigenvalue weighted by molar-refractivity contribution is -0.433. The quantitative estimate of drug-likeness (QED) is 0.651. The van der Waals surface area contributed by atoms with E-state index < -0.39 is 16.1 Å². The molecule has 0 saturated heterocycles. The standard InChI is InChI=1S/C14H17NO5S/c1-9-14(2,3)11-8-10(13(16)17)4-5-12(11)15(9)6-7-21(18,19)20/h4-5,8H,6-7H2,1-3H3,(H-,16,17,18,19,20)/p+1. The van der Waals surface area contributed by atoms with Crippen molar-refractivity contribution in [3.8, 4) is 0 Å². The molecule has 1 aliphatic heterocycles. The number of aromatic carboxylic acids is 1. The topological polar surface area (TPSA) is 94.7 Å². The van der Waals surface area contributed by atoms with E-state index in [1.54, 1.807) is 12.1 Å². The number of hydrogen-bond donors (Lipinski definition) is 2. The van der Waals surface area contributed by atoms with Crippen LogP contribution in [0.3, 0.4) is 0 Å². The minimum atomic E-state index is -4.05. The Balaban J connectivity index is 2.50. The molecule has 0 radical (unpaired) electrons. The fourth-order valence-electron chi connectivity index (χ4n) is 2.61. The number of rotatable bonds is 4. The van der Waals surface area contributed by atoms with Gasteiger partial charge in [0.1, 0.15) is 5.75 Å². The molecular formula is C14H18NO5S+. The summed E-state index contributed by atoms with van der Waals surface area (Å²) in [5.41, 5.74) is 2.36. The number of fused-ring (bicyclic) bond motifs is 1. The van der Waals surface area contributed by atoms with E-state index in [0.717, 1.165) is 17.0 Å². The van der Waals surface area contributed by atoms with Crippen molar-refractivity contribution in [1.82, 2.24) is 0 Å². The van der Waals surface area contributed by atoms with Crippen LogP contribution < -0.4 is 0 Å². The van der Waals surface area contributed by atoms with Gasteiger partial charge in [-0.25, -0.2) is 4.79 Å². The molecule has 1 aliphatic rings. The minimum Gasteiger partial charge on any atom is -0.478 e. The molecular weight excluding hydrogens is 294 g/mol. The van der Waals surface area contributed by atoms with Crippen LogP contribution in [0.15, 0.2) is 18.2 Å². The van der Waals surface area contributed by atoms with Gasteiger partial charge in [-0.3, -0.25) is 4.55 Å². The first-order valence-corrected chi connectivity index (χ1v) is 8.09. The van der Waals surface area contributed by atoms with Gasteiger partial charge in [0, 0.05) is 18.6 Å². The highest BCUT2D eigenvalue weighted by Gasteiger charge is 2.43. The van der Waals surface area contributed by atoms with E-state index in [4.69, 9.17) is 9.66 Å². The molecule has 0 unspecified atom stereocenters. The van der Waals surface area contributed by atoms with Crippen molar-refractivity contribution in [2.75, 3.05) is 12.3 Å². The predicted molar refractivity (Wildman–Crippen MR) is 78.3 cm³/mol. The van der Waals surface area contributed by atoms with Gasteiger partial charge in [0.25, 0.3) is 10.1 Å². The van der Waals surface area contributed by atoms with E-state index in [0.29, 0.717) is 0 Å². The summed E-state index contributed by atoms with van der Waals surface area (Å²) in [6, 6.07) is 4.80. The van der Waals surface area contributed by atoms with Gasteiger partial charge in [-0.15, -0.1) is 0 Å². The van der Waals surface area contributed by atoms with Gasteiger partial charge < -0.3 is 5.11 Å². The summed E-state index contributed by atoms with van der Waals surface area (Å²) in [5.74, 6) is -1.37. The smallest absolute Gasteiger partial charge is 0.335 e. The number of hydrogen-bond acceptors (Lipinski definition) is 3. The Morgan fingerprint density at radius 3 is 2.48 bits per heavy atom. The molecule has 0 aliphatic carbocycles. The van der Waals surface area contributed by atoms with Crippen LogP contribution in [0.1, 0.15) is 36.7 Å². The van der Waals surface area contributed by atoms with Crippen LogP contribution in [0.5, 0.6) is 0 Å². The molecule has 114 valence electrons. The van der Waals surface area contributed by atoms with Crippen molar-refractivity contribution < 1.29 is 27.4 Å². The summed E-state index contributed by atoms with van der Waals surface area (Å²) >= 11 is 0. The molecule has 21 heavy (non-hydrogen) atoms. The molecule has 0 aromatic heterocycles. The van der Waals surface area contributed by atoms with Gasteiger partial charge in [0.05, 0.1) is 11.0 Å². The maximum Gasteiger partial charge on any atom is 0.335 e. The SMILES string of the molecule is CC1=[N+](CCS(=O)(=O)O)c2ccc(C(=O)O)cc2C1(C)C. The Kier molecular flexibility index (Phi) is 3.67. The van der Waals surface area contributed by atoms with Crippen molar-refractivity contribution in [2.24, 2.45) is 0 Å². The van der Waals surface area contributed by atoms with Crippen LogP contribution in [0.2, 0.25) is 0 Å². The van der Waals surface area contributed by atoms with E-state index >= 15 is 0 Å². The third kappa shape index (κ3) is 2.84. The first kappa shape index (κ1) is 15.7. The normalized spacial score (nSPS) is 17.0. The summed E-state index contributed by atoms with van der Waals surface area (Å²) in [5, 5.41) is 9.10. The second kappa shape index (κ2) is 4.92. The van der Waals surface area contributed by atoms with Crippen LogP contribution in [-0.4, -0.2) is 46.6 Å². The van der Waals surface area contributed by atoms with Gasteiger partial charge in [0.2, 0.25) is 5.69 Å². The molecule has 0 bridgehead atoms. The Hall–Kier alpha value is -1.73. The van der Waals surface area contributed by atoms with Gasteiger partial charge >= 0.3 is 5.97 Å². The molecule has 2 N–H and O–H groups in total. The van der Waals surface area contributed by atoms with Gasteiger partial charge in [-0.05, 0) is 26.0 Å². The first-order valence-electron chi connectivity index (χ1n) is 6.48. The Morgan fingerprint density at radius 1 is 1.33 bits per heavy atom. The van der Waals surface area contributed by atoms with E-state index in [1.807, 2.05) is 25.3 Å². The van der Waals surface area contributed by atoms with Gasteiger partial charge in [0.15, 0.2) is 12.3 Å². The molecule has 1 heterocycles. The second-order valence-corrected chi connectivity index (χ2v) is 7.26. The average Bonchev–Trinajstić information content (AvgIpc) is 2.54. The Bertz CT molecular complexity index is 747. The molecule has 0 spiro atoms. The molecule has 0 amide bonds. The Morgan fingerprint density at radius 2 is 1.95 bits per heavy atom. The fourth-order valence-corrected chi connectivity index (χ4v) is 3.03. The van der Waals surface area contributed by atoms with Crippen molar-refractivity contribution >= 4 is 27.5 Å². The molecule has 2 rings (SSSR count). The largest absolute Gasteiger partial charge is 0.478 e. The highest BCUT2D eigenvalue weighted by molar-refractivity contribution is 7.85. The minimum absolute atomic E-state index is 0.132. The van der Waals surface area contributed by atoms with Crippen LogP contribution in [0.4, 0.5) is 5.69 Å². The highest BCUT2D eigenvalue weighted by Crippen LogP contribution is 2.39. The average molecular weight is 312 g/mol. The van der Waals surface area contributed by atoms with E-state index in [1.165, 1.54) is 6.07 Å². The molecule has 7 heteroatoms. The molecule has 0 fully saturated rings. The highest BCUT2D eigenvalue weighted by atomic mass is 32.2. The van der Waals surface area contributed by atoms with Crippen molar-refractivity contribution in [2.45, 2.75) is 26.2 Å². The summed E-state index contributed by atoms with van der Waals surface area (Å²) in [6.45, 7) is 5.93. The van der Waals surface area contributed by atoms with Crippen LogP contribution >= 0.6 is 0 Å².